The van der Waals surface area contributed by atoms with E-state index < -0.39 is 11.7 Å². The Bertz CT molecular complexity index is 1320. The van der Waals surface area contributed by atoms with E-state index in [9.17, 15) is 18.8 Å². The van der Waals surface area contributed by atoms with Crippen molar-refractivity contribution in [1.29, 1.82) is 0 Å². The molecule has 4 rings (SSSR count). The number of rotatable bonds is 8. The molecule has 0 aliphatic heterocycles. The molecule has 0 fully saturated rings. The number of hydrogen-bond donors (Lipinski definition) is 2. The van der Waals surface area contributed by atoms with Gasteiger partial charge >= 0.3 is 0 Å². The molecule has 0 unspecified atom stereocenters. The summed E-state index contributed by atoms with van der Waals surface area (Å²) in [4.78, 5) is 40.6. The summed E-state index contributed by atoms with van der Waals surface area (Å²) in [5, 5.41) is 11.6. The second-order valence-electron chi connectivity index (χ2n) is 6.89. The van der Waals surface area contributed by atoms with Crippen molar-refractivity contribution in [2.45, 2.75) is 13.0 Å². The summed E-state index contributed by atoms with van der Waals surface area (Å²) >= 11 is 1.18. The second kappa shape index (κ2) is 10.0. The number of aromatic nitrogens is 3. The van der Waals surface area contributed by atoms with Crippen LogP contribution < -0.4 is 16.2 Å². The first-order valence-electron chi connectivity index (χ1n) is 9.88. The maximum atomic E-state index is 13.0. The molecule has 2 amide bonds. The summed E-state index contributed by atoms with van der Waals surface area (Å²) in [5.41, 5.74) is 1.01. The fourth-order valence-electron chi connectivity index (χ4n) is 2.91. The lowest BCUT2D eigenvalue weighted by atomic mass is 10.2. The summed E-state index contributed by atoms with van der Waals surface area (Å²) < 4.78 is 19.5. The van der Waals surface area contributed by atoms with E-state index in [4.69, 9.17) is 4.42 Å². The van der Waals surface area contributed by atoms with Crippen molar-refractivity contribution in [2.75, 3.05) is 11.9 Å². The number of nitrogens with zero attached hydrogens (tertiary/aromatic N) is 3. The third kappa shape index (κ3) is 5.77. The monoisotopic (exact) mass is 467 g/mol. The molecule has 33 heavy (non-hydrogen) atoms. The number of anilines is 1. The van der Waals surface area contributed by atoms with Gasteiger partial charge in [0.25, 0.3) is 11.5 Å². The van der Waals surface area contributed by atoms with Gasteiger partial charge in [0.2, 0.25) is 5.91 Å². The molecule has 1 aromatic carbocycles. The Labute approximate surface area is 190 Å². The molecule has 4 aromatic rings. The fraction of sp³-hybridized carbons (Fsp3) is 0.136. The van der Waals surface area contributed by atoms with Crippen molar-refractivity contribution in [3.63, 3.8) is 0 Å². The van der Waals surface area contributed by atoms with Crippen LogP contribution in [0.4, 0.5) is 9.52 Å². The van der Waals surface area contributed by atoms with Gasteiger partial charge in [0.15, 0.2) is 10.9 Å². The maximum absolute atomic E-state index is 13.0. The highest BCUT2D eigenvalue weighted by Gasteiger charge is 2.12. The Morgan fingerprint density at radius 1 is 1.12 bits per heavy atom. The number of nitrogens with one attached hydrogen (secondary N) is 2. The van der Waals surface area contributed by atoms with Crippen LogP contribution in [0.2, 0.25) is 0 Å². The predicted octanol–water partition coefficient (Wildman–Crippen LogP) is 2.71. The zero-order chi connectivity index (χ0) is 23.2. The van der Waals surface area contributed by atoms with E-state index in [2.05, 4.69) is 20.7 Å². The Morgan fingerprint density at radius 2 is 1.94 bits per heavy atom. The number of hydrogen-bond acceptors (Lipinski definition) is 7. The van der Waals surface area contributed by atoms with Crippen molar-refractivity contribution in [1.82, 2.24) is 20.1 Å². The molecule has 0 atom stereocenters. The summed E-state index contributed by atoms with van der Waals surface area (Å²) in [5.74, 6) is -0.597. The number of carbonyl (C=O) groups excluding carboxylic acids is 2. The predicted molar refractivity (Wildman–Crippen MR) is 119 cm³/mol. The third-order valence-electron chi connectivity index (χ3n) is 4.51. The van der Waals surface area contributed by atoms with Crippen molar-refractivity contribution < 1.29 is 18.4 Å². The van der Waals surface area contributed by atoms with Gasteiger partial charge in [-0.1, -0.05) is 0 Å². The summed E-state index contributed by atoms with van der Waals surface area (Å²) in [6.45, 7) is 0.390. The first-order chi connectivity index (χ1) is 16.0. The van der Waals surface area contributed by atoms with Crippen LogP contribution in [0, 0.1) is 5.82 Å². The first-order valence-corrected chi connectivity index (χ1v) is 10.8. The van der Waals surface area contributed by atoms with E-state index in [1.807, 2.05) is 0 Å². The van der Waals surface area contributed by atoms with Crippen molar-refractivity contribution >= 4 is 28.3 Å². The number of benzene rings is 1. The Hall–Kier alpha value is -4.12. The van der Waals surface area contributed by atoms with Crippen LogP contribution >= 0.6 is 11.3 Å². The van der Waals surface area contributed by atoms with Crippen molar-refractivity contribution in [2.24, 2.45) is 0 Å². The lowest BCUT2D eigenvalue weighted by Crippen LogP contribution is -2.32. The highest BCUT2D eigenvalue weighted by molar-refractivity contribution is 7.14. The van der Waals surface area contributed by atoms with Gasteiger partial charge in [-0.2, -0.15) is 5.10 Å². The van der Waals surface area contributed by atoms with Crippen LogP contribution in [0.3, 0.4) is 0 Å². The van der Waals surface area contributed by atoms with Crippen LogP contribution in [-0.2, 0) is 17.8 Å². The van der Waals surface area contributed by atoms with Crippen molar-refractivity contribution in [3.8, 4) is 11.5 Å². The third-order valence-corrected chi connectivity index (χ3v) is 5.31. The largest absolute Gasteiger partial charge is 0.463 e. The summed E-state index contributed by atoms with van der Waals surface area (Å²) in [7, 11) is 0. The molecular weight excluding hydrogens is 449 g/mol. The average molecular weight is 467 g/mol. The molecule has 2 N–H and O–H groups in total. The van der Waals surface area contributed by atoms with Crippen LogP contribution in [0.15, 0.2) is 69.4 Å². The molecule has 0 saturated heterocycles. The molecule has 0 saturated carbocycles. The molecule has 11 heteroatoms. The molecule has 3 heterocycles. The van der Waals surface area contributed by atoms with Gasteiger partial charge in [0.1, 0.15) is 11.5 Å². The minimum absolute atomic E-state index is 0.0116. The van der Waals surface area contributed by atoms with Gasteiger partial charge in [-0.3, -0.25) is 19.7 Å². The van der Waals surface area contributed by atoms with Gasteiger partial charge in [0.05, 0.1) is 24.9 Å². The van der Waals surface area contributed by atoms with Crippen LogP contribution in [0.1, 0.15) is 16.1 Å². The normalized spacial score (nSPS) is 10.7. The number of halogens is 1. The van der Waals surface area contributed by atoms with Crippen LogP contribution in [0.25, 0.3) is 11.5 Å². The van der Waals surface area contributed by atoms with Gasteiger partial charge in [-0.15, -0.1) is 11.3 Å². The second-order valence-corrected chi connectivity index (χ2v) is 7.75. The minimum atomic E-state index is -0.431. The van der Waals surface area contributed by atoms with Gasteiger partial charge < -0.3 is 9.73 Å². The van der Waals surface area contributed by atoms with Crippen LogP contribution in [-0.4, -0.2) is 33.1 Å². The van der Waals surface area contributed by atoms with E-state index in [0.717, 1.165) is 0 Å². The number of carbonyl (C=O) groups is 2. The SMILES string of the molecule is O=C(Cc1csc(NC(=O)c2ccc(F)cc2)n1)NCCn1nc(-c2ccco2)ccc1=O. The van der Waals surface area contributed by atoms with E-state index in [-0.39, 0.29) is 31.0 Å². The molecule has 168 valence electrons. The minimum Gasteiger partial charge on any atom is -0.463 e. The molecule has 0 aliphatic rings. The van der Waals surface area contributed by atoms with E-state index in [0.29, 0.717) is 27.8 Å². The standard InChI is InChI=1S/C22H18FN5O4S/c23-15-5-3-14(4-6-15)21(31)26-22-25-16(13-33-22)12-19(29)24-9-10-28-20(30)8-7-17(27-28)18-2-1-11-32-18/h1-8,11,13H,9-10,12H2,(H,24,29)(H,25,26,31). The fourth-order valence-corrected chi connectivity index (χ4v) is 3.61. The summed E-state index contributed by atoms with van der Waals surface area (Å²) in [6.07, 6.45) is 1.53. The van der Waals surface area contributed by atoms with Gasteiger partial charge in [-0.05, 0) is 42.5 Å². The topological polar surface area (TPSA) is 119 Å². The smallest absolute Gasteiger partial charge is 0.266 e. The van der Waals surface area contributed by atoms with Gasteiger partial charge in [0, 0.05) is 23.6 Å². The Balaban J connectivity index is 1.27. The molecular formula is C22H18FN5O4S. The number of amides is 2. The first kappa shape index (κ1) is 22.1. The number of furan rings is 1. The molecule has 0 spiro atoms. The highest BCUT2D eigenvalue weighted by Crippen LogP contribution is 2.17. The van der Waals surface area contributed by atoms with Gasteiger partial charge in [-0.25, -0.2) is 14.1 Å². The highest BCUT2D eigenvalue weighted by atomic mass is 32.1. The number of thiazole rings is 1. The maximum Gasteiger partial charge on any atom is 0.266 e. The zero-order valence-corrected chi connectivity index (χ0v) is 18.0. The van der Waals surface area contributed by atoms with Crippen LogP contribution in [0.5, 0.6) is 0 Å². The Morgan fingerprint density at radius 3 is 2.70 bits per heavy atom. The molecule has 9 nitrogen and oxygen atoms in total. The lowest BCUT2D eigenvalue weighted by molar-refractivity contribution is -0.120. The zero-order valence-electron chi connectivity index (χ0n) is 17.2. The lowest BCUT2D eigenvalue weighted by Gasteiger charge is -2.07. The van der Waals surface area contributed by atoms with E-state index >= 15 is 0 Å². The summed E-state index contributed by atoms with van der Waals surface area (Å²) in [6, 6.07) is 11.6. The van der Waals surface area contributed by atoms with Crippen molar-refractivity contribution in [3.05, 3.63) is 87.6 Å². The molecule has 0 radical (unpaired) electrons. The van der Waals surface area contributed by atoms with E-state index in [1.165, 1.54) is 52.6 Å². The molecule has 3 aromatic heterocycles. The molecule has 0 bridgehead atoms. The Kier molecular flexibility index (Phi) is 6.69. The quantitative estimate of drug-likeness (QED) is 0.411. The average Bonchev–Trinajstić information content (AvgIpc) is 3.48. The van der Waals surface area contributed by atoms with E-state index in [1.54, 1.807) is 23.6 Å². The molecule has 0 aliphatic carbocycles.